The number of hydrogen-bond donors (Lipinski definition) is 1. The summed E-state index contributed by atoms with van der Waals surface area (Å²) in [5.74, 6) is -1.77. The van der Waals surface area contributed by atoms with Gasteiger partial charge in [-0.3, -0.25) is 0 Å². The van der Waals surface area contributed by atoms with Crippen LogP contribution in [0.3, 0.4) is 0 Å². The lowest BCUT2D eigenvalue weighted by Gasteiger charge is -2.27. The van der Waals surface area contributed by atoms with E-state index in [0.29, 0.717) is 12.0 Å². The minimum atomic E-state index is -1.18. The molecule has 0 heterocycles. The van der Waals surface area contributed by atoms with Crippen molar-refractivity contribution in [3.05, 3.63) is 71.3 Å². The zero-order valence-electron chi connectivity index (χ0n) is 10.7. The van der Waals surface area contributed by atoms with Crippen LogP contribution in [0.1, 0.15) is 24.5 Å². The third-order valence-corrected chi connectivity index (χ3v) is 3.41. The fourth-order valence-electron chi connectivity index (χ4n) is 2.18. The second kappa shape index (κ2) is 5.49. The van der Waals surface area contributed by atoms with E-state index >= 15 is 0 Å². The minimum absolute atomic E-state index is 0.0527. The quantitative estimate of drug-likeness (QED) is 0.888. The van der Waals surface area contributed by atoms with Crippen LogP contribution in [0.5, 0.6) is 0 Å². The molecule has 2 aromatic carbocycles. The van der Waals surface area contributed by atoms with Crippen LogP contribution in [0.2, 0.25) is 0 Å². The van der Waals surface area contributed by atoms with Gasteiger partial charge in [0.05, 0.1) is 5.60 Å². The minimum Gasteiger partial charge on any atom is -0.385 e. The highest BCUT2D eigenvalue weighted by Crippen LogP contribution is 2.30. The van der Waals surface area contributed by atoms with Crippen molar-refractivity contribution in [2.45, 2.75) is 25.4 Å². The van der Waals surface area contributed by atoms with Crippen LogP contribution in [0.25, 0.3) is 0 Å². The fraction of sp³-hybridized carbons (Fsp3) is 0.250. The molecule has 0 saturated heterocycles. The van der Waals surface area contributed by atoms with Crippen molar-refractivity contribution in [1.29, 1.82) is 0 Å². The number of hydrogen-bond acceptors (Lipinski definition) is 1. The first-order valence-electron chi connectivity index (χ1n) is 6.27. The lowest BCUT2D eigenvalue weighted by atomic mass is 9.85. The molecule has 100 valence electrons. The van der Waals surface area contributed by atoms with Crippen LogP contribution < -0.4 is 0 Å². The number of aliphatic hydroxyl groups is 1. The van der Waals surface area contributed by atoms with E-state index in [4.69, 9.17) is 0 Å². The molecule has 0 bridgehead atoms. The molecule has 3 heteroatoms. The van der Waals surface area contributed by atoms with Crippen molar-refractivity contribution in [2.24, 2.45) is 0 Å². The third kappa shape index (κ3) is 2.82. The maximum absolute atomic E-state index is 13.7. The van der Waals surface area contributed by atoms with E-state index in [9.17, 15) is 13.9 Å². The molecule has 2 rings (SSSR count). The normalized spacial score (nSPS) is 14.1. The molecule has 0 spiro atoms. The summed E-state index contributed by atoms with van der Waals surface area (Å²) in [6.07, 6.45) is 0.476. The van der Waals surface area contributed by atoms with Crippen molar-refractivity contribution in [1.82, 2.24) is 0 Å². The number of halogens is 2. The molecular weight excluding hydrogens is 246 g/mol. The molecule has 19 heavy (non-hydrogen) atoms. The Morgan fingerprint density at radius 2 is 1.68 bits per heavy atom. The van der Waals surface area contributed by atoms with Crippen LogP contribution in [0.15, 0.2) is 48.5 Å². The molecular formula is C16H16F2O. The molecule has 0 aromatic heterocycles. The Morgan fingerprint density at radius 3 is 2.32 bits per heavy atom. The van der Waals surface area contributed by atoms with Crippen LogP contribution >= 0.6 is 0 Å². The van der Waals surface area contributed by atoms with Gasteiger partial charge in [-0.15, -0.1) is 0 Å². The first-order valence-corrected chi connectivity index (χ1v) is 6.27. The number of benzene rings is 2. The number of rotatable bonds is 4. The molecule has 2 aromatic rings. The topological polar surface area (TPSA) is 20.2 Å². The van der Waals surface area contributed by atoms with Crippen molar-refractivity contribution in [2.75, 3.05) is 0 Å². The SMILES string of the molecule is CCC(O)(Cc1cccc(F)c1F)c1ccccc1. The van der Waals surface area contributed by atoms with Gasteiger partial charge in [0, 0.05) is 6.42 Å². The van der Waals surface area contributed by atoms with E-state index in [2.05, 4.69) is 0 Å². The molecule has 1 nitrogen and oxygen atoms in total. The van der Waals surface area contributed by atoms with Crippen LogP contribution in [-0.2, 0) is 12.0 Å². The summed E-state index contributed by atoms with van der Waals surface area (Å²) in [5, 5.41) is 10.7. The maximum Gasteiger partial charge on any atom is 0.162 e. The Morgan fingerprint density at radius 1 is 1.00 bits per heavy atom. The summed E-state index contributed by atoms with van der Waals surface area (Å²) in [6, 6.07) is 13.1. The largest absolute Gasteiger partial charge is 0.385 e. The first-order chi connectivity index (χ1) is 9.07. The van der Waals surface area contributed by atoms with E-state index in [1.807, 2.05) is 25.1 Å². The summed E-state index contributed by atoms with van der Waals surface area (Å²) >= 11 is 0. The zero-order valence-corrected chi connectivity index (χ0v) is 10.7. The van der Waals surface area contributed by atoms with Gasteiger partial charge in [0.1, 0.15) is 0 Å². The van der Waals surface area contributed by atoms with Gasteiger partial charge < -0.3 is 5.11 Å². The molecule has 0 radical (unpaired) electrons. The second-order valence-electron chi connectivity index (χ2n) is 4.64. The van der Waals surface area contributed by atoms with Crippen molar-refractivity contribution >= 4 is 0 Å². The Kier molecular flexibility index (Phi) is 3.96. The Hall–Kier alpha value is -1.74. The van der Waals surface area contributed by atoms with Gasteiger partial charge in [-0.05, 0) is 23.6 Å². The molecule has 0 aliphatic heterocycles. The van der Waals surface area contributed by atoms with Crippen LogP contribution in [-0.4, -0.2) is 5.11 Å². The highest BCUT2D eigenvalue weighted by molar-refractivity contribution is 5.27. The summed E-state index contributed by atoms with van der Waals surface area (Å²) < 4.78 is 26.9. The van der Waals surface area contributed by atoms with E-state index in [1.165, 1.54) is 12.1 Å². The first kappa shape index (κ1) is 13.7. The lowest BCUT2D eigenvalue weighted by Crippen LogP contribution is -2.28. The summed E-state index contributed by atoms with van der Waals surface area (Å²) in [7, 11) is 0. The Bertz CT molecular complexity index is 554. The zero-order chi connectivity index (χ0) is 13.9. The molecule has 0 aliphatic carbocycles. The maximum atomic E-state index is 13.7. The Balaban J connectivity index is 2.36. The third-order valence-electron chi connectivity index (χ3n) is 3.41. The molecule has 1 atom stereocenters. The van der Waals surface area contributed by atoms with E-state index in [0.717, 1.165) is 6.07 Å². The van der Waals surface area contributed by atoms with Gasteiger partial charge in [0.2, 0.25) is 0 Å². The van der Waals surface area contributed by atoms with E-state index < -0.39 is 17.2 Å². The van der Waals surface area contributed by atoms with Crippen molar-refractivity contribution in [3.63, 3.8) is 0 Å². The van der Waals surface area contributed by atoms with Gasteiger partial charge in [0.25, 0.3) is 0 Å². The highest BCUT2D eigenvalue weighted by atomic mass is 19.2. The second-order valence-corrected chi connectivity index (χ2v) is 4.64. The van der Waals surface area contributed by atoms with Crippen LogP contribution in [0, 0.1) is 11.6 Å². The van der Waals surface area contributed by atoms with E-state index in [-0.39, 0.29) is 12.0 Å². The standard InChI is InChI=1S/C16H16F2O/c1-2-16(19,13-8-4-3-5-9-13)11-12-7-6-10-14(17)15(12)18/h3-10,19H,2,11H2,1H3. The summed E-state index contributed by atoms with van der Waals surface area (Å²) in [5.41, 5.74) is -0.287. The van der Waals surface area contributed by atoms with Gasteiger partial charge in [-0.25, -0.2) is 8.78 Å². The van der Waals surface area contributed by atoms with Gasteiger partial charge in [-0.2, -0.15) is 0 Å². The molecule has 1 unspecified atom stereocenters. The van der Waals surface area contributed by atoms with Gasteiger partial charge in [0.15, 0.2) is 11.6 Å². The Labute approximate surface area is 111 Å². The molecule has 0 fully saturated rings. The van der Waals surface area contributed by atoms with E-state index in [1.54, 1.807) is 12.1 Å². The van der Waals surface area contributed by atoms with Crippen molar-refractivity contribution in [3.8, 4) is 0 Å². The van der Waals surface area contributed by atoms with Crippen molar-refractivity contribution < 1.29 is 13.9 Å². The molecule has 0 saturated carbocycles. The average molecular weight is 262 g/mol. The van der Waals surface area contributed by atoms with Gasteiger partial charge in [-0.1, -0.05) is 49.4 Å². The highest BCUT2D eigenvalue weighted by Gasteiger charge is 2.28. The van der Waals surface area contributed by atoms with Gasteiger partial charge >= 0.3 is 0 Å². The monoisotopic (exact) mass is 262 g/mol. The lowest BCUT2D eigenvalue weighted by molar-refractivity contribution is 0.0317. The molecule has 0 aliphatic rings. The fourth-order valence-corrected chi connectivity index (χ4v) is 2.18. The smallest absolute Gasteiger partial charge is 0.162 e. The predicted octanol–water partition coefficient (Wildman–Crippen LogP) is 3.81. The summed E-state index contributed by atoms with van der Waals surface area (Å²) in [6.45, 7) is 1.82. The molecule has 1 N–H and O–H groups in total. The summed E-state index contributed by atoms with van der Waals surface area (Å²) in [4.78, 5) is 0. The average Bonchev–Trinajstić information content (AvgIpc) is 2.45. The molecule has 0 amide bonds. The van der Waals surface area contributed by atoms with Crippen LogP contribution in [0.4, 0.5) is 8.78 Å². The predicted molar refractivity (Wildman–Crippen MR) is 70.7 cm³/mol.